The number of halogens is 2. The third kappa shape index (κ3) is 3.53. The summed E-state index contributed by atoms with van der Waals surface area (Å²) in [6.07, 6.45) is 0.861. The molecule has 1 aromatic rings. The molecule has 1 heterocycles. The van der Waals surface area contributed by atoms with Crippen LogP contribution in [0.5, 0.6) is 0 Å². The number of thioether (sulfide) groups is 1. The van der Waals surface area contributed by atoms with Crippen LogP contribution in [0.1, 0.15) is 16.8 Å². The summed E-state index contributed by atoms with van der Waals surface area (Å²) in [6, 6.07) is 1.36. The zero-order valence-corrected chi connectivity index (χ0v) is 12.4. The smallest absolute Gasteiger partial charge is 0.341 e. The van der Waals surface area contributed by atoms with E-state index >= 15 is 0 Å². The molecule has 1 saturated heterocycles. The Morgan fingerprint density at radius 3 is 2.71 bits per heavy atom. The molecule has 1 fully saturated rings. The van der Waals surface area contributed by atoms with Gasteiger partial charge in [0, 0.05) is 6.54 Å². The molecule has 2 rings (SSSR count). The number of aromatic carboxylic acids is 1. The summed E-state index contributed by atoms with van der Waals surface area (Å²) >= 11 is 1.70. The van der Waals surface area contributed by atoms with Crippen LogP contribution >= 0.6 is 11.8 Å². The van der Waals surface area contributed by atoms with Gasteiger partial charge in [-0.25, -0.2) is 26.7 Å². The van der Waals surface area contributed by atoms with Gasteiger partial charge in [0.25, 0.3) is 0 Å². The third-order valence-corrected chi connectivity index (χ3v) is 5.82. The summed E-state index contributed by atoms with van der Waals surface area (Å²) in [5.41, 5.74) is -1.27. The van der Waals surface area contributed by atoms with Crippen molar-refractivity contribution in [1.29, 1.82) is 0 Å². The molecule has 1 aliphatic heterocycles. The molecule has 0 spiro atoms. The molecule has 0 radical (unpaired) electrons. The van der Waals surface area contributed by atoms with Gasteiger partial charge in [-0.2, -0.15) is 11.8 Å². The summed E-state index contributed by atoms with van der Waals surface area (Å²) in [5.74, 6) is -2.83. The Labute approximate surface area is 124 Å². The zero-order chi connectivity index (χ0) is 15.6. The summed E-state index contributed by atoms with van der Waals surface area (Å²) in [4.78, 5) is 9.94. The molecule has 1 aliphatic rings. The average molecular weight is 337 g/mol. The van der Waals surface area contributed by atoms with Crippen LogP contribution in [0, 0.1) is 17.6 Å². The minimum absolute atomic E-state index is 0.147. The van der Waals surface area contributed by atoms with Crippen LogP contribution in [0.2, 0.25) is 0 Å². The second-order valence-electron chi connectivity index (χ2n) is 4.62. The van der Waals surface area contributed by atoms with E-state index in [1.54, 1.807) is 11.8 Å². The molecule has 116 valence electrons. The van der Waals surface area contributed by atoms with Crippen molar-refractivity contribution in [3.63, 3.8) is 0 Å². The first-order chi connectivity index (χ1) is 9.83. The zero-order valence-electron chi connectivity index (χ0n) is 10.8. The SMILES string of the molecule is O=C(O)c1c(F)ccc(S(=O)(=O)NCC2CCSC2)c1F. The topological polar surface area (TPSA) is 83.5 Å². The van der Waals surface area contributed by atoms with E-state index in [4.69, 9.17) is 5.11 Å². The number of carboxylic acids is 1. The molecule has 0 aliphatic carbocycles. The molecular formula is C12H13F2NO4S2. The molecule has 1 atom stereocenters. The van der Waals surface area contributed by atoms with Crippen LogP contribution in [-0.4, -0.2) is 37.5 Å². The van der Waals surface area contributed by atoms with Gasteiger partial charge >= 0.3 is 5.97 Å². The number of sulfonamides is 1. The summed E-state index contributed by atoms with van der Waals surface area (Å²) in [5, 5.41) is 8.74. The lowest BCUT2D eigenvalue weighted by atomic mass is 10.1. The van der Waals surface area contributed by atoms with Gasteiger partial charge in [-0.3, -0.25) is 0 Å². The number of rotatable bonds is 5. The first-order valence-corrected chi connectivity index (χ1v) is 8.75. The minimum atomic E-state index is -4.22. The maximum absolute atomic E-state index is 13.9. The Morgan fingerprint density at radius 2 is 2.14 bits per heavy atom. The van der Waals surface area contributed by atoms with Crippen LogP contribution in [0.25, 0.3) is 0 Å². The Morgan fingerprint density at radius 1 is 1.43 bits per heavy atom. The van der Waals surface area contributed by atoms with Crippen LogP contribution in [0.15, 0.2) is 17.0 Å². The molecule has 2 N–H and O–H groups in total. The van der Waals surface area contributed by atoms with Crippen molar-refractivity contribution in [3.8, 4) is 0 Å². The summed E-state index contributed by atoms with van der Waals surface area (Å²) in [6.45, 7) is 0.147. The molecule has 9 heteroatoms. The van der Waals surface area contributed by atoms with E-state index < -0.39 is 38.1 Å². The highest BCUT2D eigenvalue weighted by molar-refractivity contribution is 7.99. The molecule has 0 amide bonds. The van der Waals surface area contributed by atoms with Crippen LogP contribution in [0.3, 0.4) is 0 Å². The van der Waals surface area contributed by atoms with Gasteiger partial charge in [-0.1, -0.05) is 0 Å². The van der Waals surface area contributed by atoms with E-state index in [9.17, 15) is 22.0 Å². The van der Waals surface area contributed by atoms with Gasteiger partial charge in [0.05, 0.1) is 0 Å². The molecule has 0 aromatic heterocycles. The Kier molecular flexibility index (Phi) is 4.84. The van der Waals surface area contributed by atoms with E-state index in [1.807, 2.05) is 0 Å². The molecular weight excluding hydrogens is 324 g/mol. The highest BCUT2D eigenvalue weighted by Gasteiger charge is 2.27. The van der Waals surface area contributed by atoms with E-state index in [0.717, 1.165) is 24.0 Å². The minimum Gasteiger partial charge on any atom is -0.477 e. The highest BCUT2D eigenvalue weighted by atomic mass is 32.2. The lowest BCUT2D eigenvalue weighted by Gasteiger charge is -2.12. The van der Waals surface area contributed by atoms with Gasteiger partial charge in [0.2, 0.25) is 10.0 Å². The molecule has 0 saturated carbocycles. The second-order valence-corrected chi connectivity index (χ2v) is 7.51. The number of nitrogens with one attached hydrogen (secondary N) is 1. The standard InChI is InChI=1S/C12H13F2NO4S2/c13-8-1-2-9(11(14)10(8)12(16)17)21(18,19)15-5-7-3-4-20-6-7/h1-2,7,15H,3-6H2,(H,16,17). The fourth-order valence-corrected chi connectivity index (χ4v) is 4.47. The predicted octanol–water partition coefficient (Wildman–Crippen LogP) is 1.69. The number of hydrogen-bond acceptors (Lipinski definition) is 4. The number of carboxylic acid groups (broad SMARTS) is 1. The predicted molar refractivity (Wildman–Crippen MR) is 73.9 cm³/mol. The normalized spacial score (nSPS) is 18.9. The van der Waals surface area contributed by atoms with Crippen LogP contribution in [0.4, 0.5) is 8.78 Å². The van der Waals surface area contributed by atoms with Crippen molar-refractivity contribution in [2.24, 2.45) is 5.92 Å². The Hall–Kier alpha value is -1.19. The highest BCUT2D eigenvalue weighted by Crippen LogP contribution is 2.24. The van der Waals surface area contributed by atoms with Crippen molar-refractivity contribution in [3.05, 3.63) is 29.3 Å². The monoisotopic (exact) mass is 337 g/mol. The lowest BCUT2D eigenvalue weighted by Crippen LogP contribution is -2.30. The van der Waals surface area contributed by atoms with E-state index in [2.05, 4.69) is 4.72 Å². The molecule has 1 unspecified atom stereocenters. The molecule has 21 heavy (non-hydrogen) atoms. The van der Waals surface area contributed by atoms with Gasteiger partial charge in [-0.05, 0) is 36.0 Å². The average Bonchev–Trinajstić information content (AvgIpc) is 2.88. The largest absolute Gasteiger partial charge is 0.477 e. The van der Waals surface area contributed by atoms with Gasteiger partial charge < -0.3 is 5.11 Å². The summed E-state index contributed by atoms with van der Waals surface area (Å²) < 4.78 is 53.5. The van der Waals surface area contributed by atoms with Gasteiger partial charge in [-0.15, -0.1) is 0 Å². The number of hydrogen-bond donors (Lipinski definition) is 2. The van der Waals surface area contributed by atoms with Crippen molar-refractivity contribution in [2.75, 3.05) is 18.1 Å². The maximum Gasteiger partial charge on any atom is 0.341 e. The quantitative estimate of drug-likeness (QED) is 0.854. The maximum atomic E-state index is 13.9. The molecule has 0 bridgehead atoms. The van der Waals surface area contributed by atoms with Crippen molar-refractivity contribution >= 4 is 27.8 Å². The first kappa shape index (κ1) is 16.2. The van der Waals surface area contributed by atoms with Gasteiger partial charge in [0.1, 0.15) is 16.3 Å². The van der Waals surface area contributed by atoms with E-state index in [0.29, 0.717) is 6.07 Å². The van der Waals surface area contributed by atoms with E-state index in [1.165, 1.54) is 0 Å². The van der Waals surface area contributed by atoms with Crippen molar-refractivity contribution in [1.82, 2.24) is 4.72 Å². The second kappa shape index (κ2) is 6.29. The fourth-order valence-electron chi connectivity index (χ4n) is 1.99. The number of benzene rings is 1. The Bertz CT molecular complexity index is 657. The lowest BCUT2D eigenvalue weighted by molar-refractivity contribution is 0.0685. The van der Waals surface area contributed by atoms with Gasteiger partial charge in [0.15, 0.2) is 5.82 Å². The fraction of sp³-hybridized carbons (Fsp3) is 0.417. The van der Waals surface area contributed by atoms with Crippen molar-refractivity contribution in [2.45, 2.75) is 11.3 Å². The summed E-state index contributed by atoms with van der Waals surface area (Å²) in [7, 11) is -4.22. The van der Waals surface area contributed by atoms with Crippen molar-refractivity contribution < 1.29 is 27.1 Å². The first-order valence-electron chi connectivity index (χ1n) is 6.11. The molecule has 1 aromatic carbocycles. The Balaban J connectivity index is 2.27. The molecule has 5 nitrogen and oxygen atoms in total. The van der Waals surface area contributed by atoms with E-state index in [-0.39, 0.29) is 12.5 Å². The van der Waals surface area contributed by atoms with Crippen LogP contribution in [-0.2, 0) is 10.0 Å². The number of carbonyl (C=O) groups is 1. The van der Waals surface area contributed by atoms with Crippen LogP contribution < -0.4 is 4.72 Å². The third-order valence-electron chi connectivity index (χ3n) is 3.15.